The number of carbonyl (C=O) groups excluding carboxylic acids is 1. The molecule has 40 heavy (non-hydrogen) atoms. The van der Waals surface area contributed by atoms with Gasteiger partial charge in [0.05, 0.1) is 29.8 Å². The molecule has 3 aromatic rings. The van der Waals surface area contributed by atoms with Crippen molar-refractivity contribution in [2.24, 2.45) is 5.92 Å². The third-order valence-electron chi connectivity index (χ3n) is 6.64. The van der Waals surface area contributed by atoms with Crippen LogP contribution in [0.25, 0.3) is 10.9 Å². The number of ether oxygens (including phenoxy) is 1. The summed E-state index contributed by atoms with van der Waals surface area (Å²) < 4.78 is 71.3. The van der Waals surface area contributed by atoms with Gasteiger partial charge in [-0.3, -0.25) is 4.90 Å². The molecule has 4 rings (SSSR count). The van der Waals surface area contributed by atoms with Crippen LogP contribution in [0.1, 0.15) is 25.2 Å². The molecule has 1 aromatic heterocycles. The minimum Gasteiger partial charge on any atom is -0.467 e. The first kappa shape index (κ1) is 30.0. The zero-order chi connectivity index (χ0) is 29.2. The van der Waals surface area contributed by atoms with Crippen molar-refractivity contribution in [3.8, 4) is 0 Å². The van der Waals surface area contributed by atoms with E-state index in [0.717, 1.165) is 11.5 Å². The maximum Gasteiger partial charge on any atom is 0.416 e. The highest BCUT2D eigenvalue weighted by Gasteiger charge is 2.34. The summed E-state index contributed by atoms with van der Waals surface area (Å²) in [4.78, 5) is 23.3. The Balaban J connectivity index is 1.50. The van der Waals surface area contributed by atoms with Gasteiger partial charge >= 0.3 is 12.1 Å². The van der Waals surface area contributed by atoms with Crippen LogP contribution in [-0.4, -0.2) is 72.9 Å². The van der Waals surface area contributed by atoms with E-state index in [1.807, 2.05) is 43.0 Å². The molecule has 1 fully saturated rings. The molecule has 0 spiro atoms. The zero-order valence-electron chi connectivity index (χ0n) is 22.1. The van der Waals surface area contributed by atoms with E-state index in [9.17, 15) is 26.4 Å². The van der Waals surface area contributed by atoms with Gasteiger partial charge in [-0.2, -0.15) is 17.5 Å². The highest BCUT2D eigenvalue weighted by Crippen LogP contribution is 2.34. The molecule has 9 nitrogen and oxygen atoms in total. The van der Waals surface area contributed by atoms with Gasteiger partial charge in [-0.1, -0.05) is 37.6 Å². The maximum absolute atomic E-state index is 13.1. The number of fused-ring (bicyclic) bond motifs is 1. The predicted octanol–water partition coefficient (Wildman–Crippen LogP) is 4.42. The summed E-state index contributed by atoms with van der Waals surface area (Å²) >= 11 is 5.95. The van der Waals surface area contributed by atoms with Crippen LogP contribution < -0.4 is 5.32 Å². The predicted molar refractivity (Wildman–Crippen MR) is 144 cm³/mol. The lowest BCUT2D eigenvalue weighted by Gasteiger charge is -2.33. The van der Waals surface area contributed by atoms with E-state index in [0.29, 0.717) is 48.9 Å². The number of esters is 1. The number of para-hydroxylation sites is 1. The van der Waals surface area contributed by atoms with Crippen LogP contribution in [0.3, 0.4) is 0 Å². The number of nitrogens with one attached hydrogen (secondary N) is 1. The lowest BCUT2D eigenvalue weighted by molar-refractivity contribution is -0.142. The Bertz CT molecular complexity index is 1500. The highest BCUT2D eigenvalue weighted by atomic mass is 35.5. The molecular weight excluding hydrogens is 571 g/mol. The third-order valence-corrected chi connectivity index (χ3v) is 9.02. The molecular formula is C26H29ClF3N5O4S. The fraction of sp³-hybridized carbons (Fsp3) is 0.423. The Labute approximate surface area is 235 Å². The number of hydrogen-bond acceptors (Lipinski definition) is 8. The number of aromatic nitrogens is 2. The van der Waals surface area contributed by atoms with Gasteiger partial charge in [-0.15, -0.1) is 0 Å². The summed E-state index contributed by atoms with van der Waals surface area (Å²) in [6.07, 6.45) is -4.63. The number of alkyl halides is 3. The SMILES string of the molecule is COC(=O)[C@@H](Nc1nc(CN2CCN(S(=O)(=O)c3ccc(C(F)(F)F)cc3Cl)CC2)nc2ccccc12)C(C)C. The van der Waals surface area contributed by atoms with E-state index in [1.54, 1.807) is 0 Å². The number of carbonyl (C=O) groups is 1. The van der Waals surface area contributed by atoms with Gasteiger partial charge in [-0.25, -0.2) is 23.2 Å². The first-order chi connectivity index (χ1) is 18.8. The molecule has 0 unspecified atom stereocenters. The Morgan fingerprint density at radius 1 is 1.10 bits per heavy atom. The summed E-state index contributed by atoms with van der Waals surface area (Å²) in [7, 11) is -2.77. The molecule has 2 heterocycles. The van der Waals surface area contributed by atoms with E-state index in [-0.39, 0.29) is 23.9 Å². The molecule has 216 valence electrons. The summed E-state index contributed by atoms with van der Waals surface area (Å²) in [6.45, 7) is 5.00. The van der Waals surface area contributed by atoms with Crippen LogP contribution in [0.5, 0.6) is 0 Å². The largest absolute Gasteiger partial charge is 0.467 e. The van der Waals surface area contributed by atoms with Crippen LogP contribution in [0.2, 0.25) is 5.02 Å². The number of sulfonamides is 1. The molecule has 0 saturated carbocycles. The first-order valence-electron chi connectivity index (χ1n) is 12.5. The Hall–Kier alpha value is -3.00. The second-order valence-corrected chi connectivity index (χ2v) is 12.0. The van der Waals surface area contributed by atoms with Gasteiger partial charge in [0.1, 0.15) is 22.6 Å². The number of nitrogens with zero attached hydrogens (tertiary/aromatic N) is 4. The first-order valence-corrected chi connectivity index (χ1v) is 14.3. The van der Waals surface area contributed by atoms with Gasteiger partial charge in [-0.05, 0) is 36.2 Å². The summed E-state index contributed by atoms with van der Waals surface area (Å²) in [5.74, 6) is 0.487. The lowest BCUT2D eigenvalue weighted by Crippen LogP contribution is -2.48. The van der Waals surface area contributed by atoms with E-state index in [4.69, 9.17) is 16.3 Å². The third kappa shape index (κ3) is 6.48. The van der Waals surface area contributed by atoms with Gasteiger partial charge < -0.3 is 10.1 Å². The van der Waals surface area contributed by atoms with Crippen LogP contribution in [0.4, 0.5) is 19.0 Å². The molecule has 14 heteroatoms. The molecule has 1 aliphatic heterocycles. The van der Waals surface area contributed by atoms with E-state index in [2.05, 4.69) is 15.3 Å². The molecule has 1 N–H and O–H groups in total. The summed E-state index contributed by atoms with van der Waals surface area (Å²) in [5.41, 5.74) is -0.336. The van der Waals surface area contributed by atoms with Crippen molar-refractivity contribution in [1.82, 2.24) is 19.2 Å². The standard InChI is InChI=1S/C26H29ClF3N5O4S/c1-16(2)23(25(36)39-3)33-24-18-6-4-5-7-20(18)31-22(32-24)15-34-10-12-35(13-11-34)40(37,38)21-9-8-17(14-19(21)27)26(28,29)30/h4-9,14,16,23H,10-13,15H2,1-3H3,(H,31,32,33)/t23-/m0/s1. The number of rotatable bonds is 8. The fourth-order valence-corrected chi connectivity index (χ4v) is 6.37. The van der Waals surface area contributed by atoms with E-state index >= 15 is 0 Å². The number of anilines is 1. The molecule has 2 aromatic carbocycles. The van der Waals surface area contributed by atoms with Crippen LogP contribution in [-0.2, 0) is 32.3 Å². The van der Waals surface area contributed by atoms with Gasteiger partial charge in [0, 0.05) is 31.6 Å². The number of benzene rings is 2. The van der Waals surface area contributed by atoms with Crippen molar-refractivity contribution >= 4 is 44.3 Å². The van der Waals surface area contributed by atoms with Crippen LogP contribution in [0, 0.1) is 5.92 Å². The Morgan fingerprint density at radius 2 is 1.77 bits per heavy atom. The van der Waals surface area contributed by atoms with Crippen LogP contribution >= 0.6 is 11.6 Å². The van der Waals surface area contributed by atoms with Gasteiger partial charge in [0.15, 0.2) is 0 Å². The van der Waals surface area contributed by atoms with Crippen molar-refractivity contribution in [3.63, 3.8) is 0 Å². The van der Waals surface area contributed by atoms with Crippen molar-refractivity contribution in [3.05, 3.63) is 58.9 Å². The molecule has 0 radical (unpaired) electrons. The topological polar surface area (TPSA) is 105 Å². The number of piperazine rings is 1. The lowest BCUT2D eigenvalue weighted by atomic mass is 10.0. The average Bonchev–Trinajstić information content (AvgIpc) is 2.90. The second-order valence-electron chi connectivity index (χ2n) is 9.72. The summed E-state index contributed by atoms with van der Waals surface area (Å²) in [5, 5.41) is 3.46. The quantitative estimate of drug-likeness (QED) is 0.380. The zero-order valence-corrected chi connectivity index (χ0v) is 23.6. The molecule has 0 amide bonds. The normalized spacial score (nSPS) is 16.3. The van der Waals surface area contributed by atoms with Crippen molar-refractivity contribution < 1.29 is 31.1 Å². The smallest absolute Gasteiger partial charge is 0.416 e. The molecule has 0 aliphatic carbocycles. The molecule has 1 saturated heterocycles. The van der Waals surface area contributed by atoms with Gasteiger partial charge in [0.25, 0.3) is 0 Å². The number of hydrogen-bond donors (Lipinski definition) is 1. The van der Waals surface area contributed by atoms with Crippen LogP contribution in [0.15, 0.2) is 47.4 Å². The maximum atomic E-state index is 13.1. The van der Waals surface area contributed by atoms with Crippen molar-refractivity contribution in [2.75, 3.05) is 38.6 Å². The van der Waals surface area contributed by atoms with Crippen molar-refractivity contribution in [1.29, 1.82) is 0 Å². The minimum absolute atomic E-state index is 0.0715. The van der Waals surface area contributed by atoms with Crippen molar-refractivity contribution in [2.45, 2.75) is 37.5 Å². The van der Waals surface area contributed by atoms with E-state index < -0.39 is 38.8 Å². The number of methoxy groups -OCH3 is 1. The minimum atomic E-state index is -4.63. The molecule has 1 aliphatic rings. The Kier molecular flexibility index (Phi) is 8.88. The monoisotopic (exact) mass is 599 g/mol. The second kappa shape index (κ2) is 11.9. The van der Waals surface area contributed by atoms with Gasteiger partial charge in [0.2, 0.25) is 10.0 Å². The molecule has 0 bridgehead atoms. The highest BCUT2D eigenvalue weighted by molar-refractivity contribution is 7.89. The average molecular weight is 600 g/mol. The van der Waals surface area contributed by atoms with E-state index in [1.165, 1.54) is 11.4 Å². The Morgan fingerprint density at radius 3 is 2.38 bits per heavy atom. The number of halogens is 4. The fourth-order valence-electron chi connectivity index (χ4n) is 4.43. The molecule has 1 atom stereocenters. The summed E-state index contributed by atoms with van der Waals surface area (Å²) in [6, 6.07) is 8.99.